The van der Waals surface area contributed by atoms with Gasteiger partial charge in [-0.2, -0.15) is 0 Å². The number of carbonyl (C=O) groups is 1. The molecule has 0 saturated carbocycles. The summed E-state index contributed by atoms with van der Waals surface area (Å²) in [6.07, 6.45) is 2.45. The van der Waals surface area contributed by atoms with Gasteiger partial charge in [-0.25, -0.2) is 9.78 Å². The minimum absolute atomic E-state index is 0.159. The van der Waals surface area contributed by atoms with Crippen LogP contribution < -0.4 is 15.4 Å². The van der Waals surface area contributed by atoms with Gasteiger partial charge in [-0.1, -0.05) is 6.92 Å². The highest BCUT2D eigenvalue weighted by Gasteiger charge is 2.05. The van der Waals surface area contributed by atoms with Crippen molar-refractivity contribution in [1.29, 1.82) is 0 Å². The van der Waals surface area contributed by atoms with Crippen LogP contribution in [0, 0.1) is 0 Å². The molecule has 0 radical (unpaired) electrons. The van der Waals surface area contributed by atoms with Crippen LogP contribution >= 0.6 is 0 Å². The van der Waals surface area contributed by atoms with Crippen LogP contribution in [-0.4, -0.2) is 24.2 Å². The minimum Gasteiger partial charge on any atom is -0.481 e. The zero-order valence-corrected chi connectivity index (χ0v) is 9.78. The number of nitrogens with one attached hydrogen (secondary N) is 2. The Bertz CT molecular complexity index is 338. The second-order valence-corrected chi connectivity index (χ2v) is 3.50. The number of pyridine rings is 1. The molecular weight excluding hydrogens is 206 g/mol. The lowest BCUT2D eigenvalue weighted by molar-refractivity contribution is 0.249. The Morgan fingerprint density at radius 3 is 2.81 bits per heavy atom. The largest absolute Gasteiger partial charge is 0.481 e. The van der Waals surface area contributed by atoms with Crippen LogP contribution in [-0.2, 0) is 0 Å². The molecule has 88 valence electrons. The number of hydrogen-bond acceptors (Lipinski definition) is 3. The second kappa shape index (κ2) is 5.95. The highest BCUT2D eigenvalue weighted by atomic mass is 16.5. The molecule has 16 heavy (non-hydrogen) atoms. The van der Waals surface area contributed by atoms with Crippen molar-refractivity contribution in [1.82, 2.24) is 10.3 Å². The van der Waals surface area contributed by atoms with E-state index in [1.54, 1.807) is 25.4 Å². The van der Waals surface area contributed by atoms with E-state index in [0.717, 1.165) is 6.42 Å². The number of methoxy groups -OCH3 is 1. The number of hydrogen-bond donors (Lipinski definition) is 2. The number of aromatic nitrogens is 1. The fourth-order valence-corrected chi connectivity index (χ4v) is 1.07. The molecule has 0 aliphatic rings. The van der Waals surface area contributed by atoms with Gasteiger partial charge >= 0.3 is 6.03 Å². The van der Waals surface area contributed by atoms with Crippen molar-refractivity contribution < 1.29 is 9.53 Å². The summed E-state index contributed by atoms with van der Waals surface area (Å²) in [6, 6.07) is 3.37. The fraction of sp³-hybridized carbons (Fsp3) is 0.455. The number of nitrogens with zero attached hydrogens (tertiary/aromatic N) is 1. The average Bonchev–Trinajstić information content (AvgIpc) is 2.29. The SMILES string of the molecule is CCC(C)NC(=O)Nc1ccc(OC)nc1. The molecule has 2 N–H and O–H groups in total. The molecule has 0 aliphatic heterocycles. The molecule has 1 unspecified atom stereocenters. The Labute approximate surface area is 95.2 Å². The predicted octanol–water partition coefficient (Wildman–Crippen LogP) is 2.01. The van der Waals surface area contributed by atoms with Gasteiger partial charge in [-0.3, -0.25) is 0 Å². The maximum Gasteiger partial charge on any atom is 0.319 e. The molecule has 1 heterocycles. The molecule has 0 aliphatic carbocycles. The third-order valence-corrected chi connectivity index (χ3v) is 2.19. The molecular formula is C11H17N3O2. The lowest BCUT2D eigenvalue weighted by Gasteiger charge is -2.12. The Hall–Kier alpha value is -1.78. The highest BCUT2D eigenvalue weighted by molar-refractivity contribution is 5.89. The number of urea groups is 1. The minimum atomic E-state index is -0.221. The van der Waals surface area contributed by atoms with E-state index in [1.807, 2.05) is 13.8 Å². The highest BCUT2D eigenvalue weighted by Crippen LogP contribution is 2.10. The third-order valence-electron chi connectivity index (χ3n) is 2.19. The molecule has 2 amide bonds. The Morgan fingerprint density at radius 2 is 2.31 bits per heavy atom. The first-order valence-electron chi connectivity index (χ1n) is 5.23. The van der Waals surface area contributed by atoms with Crippen LogP contribution in [0.25, 0.3) is 0 Å². The quantitative estimate of drug-likeness (QED) is 0.820. The smallest absolute Gasteiger partial charge is 0.319 e. The standard InChI is InChI=1S/C11H17N3O2/c1-4-8(2)13-11(15)14-9-5-6-10(16-3)12-7-9/h5-8H,4H2,1-3H3,(H2,13,14,15). The summed E-state index contributed by atoms with van der Waals surface area (Å²) in [7, 11) is 1.55. The zero-order valence-electron chi connectivity index (χ0n) is 9.78. The van der Waals surface area contributed by atoms with Gasteiger partial charge in [0, 0.05) is 12.1 Å². The summed E-state index contributed by atoms with van der Waals surface area (Å²) < 4.78 is 4.92. The van der Waals surface area contributed by atoms with Crippen molar-refractivity contribution in [3.63, 3.8) is 0 Å². The predicted molar refractivity (Wildman–Crippen MR) is 62.7 cm³/mol. The van der Waals surface area contributed by atoms with Gasteiger partial charge in [0.25, 0.3) is 0 Å². The summed E-state index contributed by atoms with van der Waals surface area (Å²) in [4.78, 5) is 15.4. The van der Waals surface area contributed by atoms with E-state index >= 15 is 0 Å². The molecule has 1 rings (SSSR count). The van der Waals surface area contributed by atoms with Gasteiger partial charge in [0.05, 0.1) is 19.0 Å². The molecule has 0 saturated heterocycles. The molecule has 1 aromatic heterocycles. The van der Waals surface area contributed by atoms with Crippen molar-refractivity contribution in [2.24, 2.45) is 0 Å². The van der Waals surface area contributed by atoms with Crippen LogP contribution in [0.4, 0.5) is 10.5 Å². The first-order valence-corrected chi connectivity index (χ1v) is 5.23. The van der Waals surface area contributed by atoms with E-state index < -0.39 is 0 Å². The lowest BCUT2D eigenvalue weighted by atomic mass is 10.3. The second-order valence-electron chi connectivity index (χ2n) is 3.50. The summed E-state index contributed by atoms with van der Waals surface area (Å²) in [6.45, 7) is 3.96. The van der Waals surface area contributed by atoms with E-state index in [4.69, 9.17) is 4.74 Å². The lowest BCUT2D eigenvalue weighted by Crippen LogP contribution is -2.35. The van der Waals surface area contributed by atoms with Gasteiger partial charge in [0.2, 0.25) is 5.88 Å². The summed E-state index contributed by atoms with van der Waals surface area (Å²) in [5.41, 5.74) is 0.640. The van der Waals surface area contributed by atoms with Crippen molar-refractivity contribution in [2.45, 2.75) is 26.3 Å². The van der Waals surface area contributed by atoms with E-state index in [0.29, 0.717) is 11.6 Å². The van der Waals surface area contributed by atoms with Crippen LogP contribution in [0.2, 0.25) is 0 Å². The van der Waals surface area contributed by atoms with Crippen LogP contribution in [0.3, 0.4) is 0 Å². The summed E-state index contributed by atoms with van der Waals surface area (Å²) in [5, 5.41) is 5.49. The maximum absolute atomic E-state index is 11.5. The van der Waals surface area contributed by atoms with Crippen molar-refractivity contribution in [2.75, 3.05) is 12.4 Å². The molecule has 0 spiro atoms. The van der Waals surface area contributed by atoms with Crippen LogP contribution in [0.15, 0.2) is 18.3 Å². The van der Waals surface area contributed by atoms with Crippen molar-refractivity contribution in [3.05, 3.63) is 18.3 Å². The number of rotatable bonds is 4. The van der Waals surface area contributed by atoms with Crippen LogP contribution in [0.1, 0.15) is 20.3 Å². The summed E-state index contributed by atoms with van der Waals surface area (Å²) >= 11 is 0. The first kappa shape index (κ1) is 12.3. The normalized spacial score (nSPS) is 11.7. The zero-order chi connectivity index (χ0) is 12.0. The van der Waals surface area contributed by atoms with Crippen molar-refractivity contribution in [3.8, 4) is 5.88 Å². The van der Waals surface area contributed by atoms with Gasteiger partial charge in [-0.05, 0) is 19.4 Å². The molecule has 5 nitrogen and oxygen atoms in total. The molecule has 0 fully saturated rings. The topological polar surface area (TPSA) is 63.2 Å². The van der Waals surface area contributed by atoms with E-state index in [-0.39, 0.29) is 12.1 Å². The maximum atomic E-state index is 11.5. The molecule has 1 atom stereocenters. The molecule has 5 heteroatoms. The van der Waals surface area contributed by atoms with Gasteiger partial charge in [0.1, 0.15) is 0 Å². The van der Waals surface area contributed by atoms with Gasteiger partial charge in [0.15, 0.2) is 0 Å². The van der Waals surface area contributed by atoms with E-state index in [9.17, 15) is 4.79 Å². The average molecular weight is 223 g/mol. The van der Waals surface area contributed by atoms with E-state index in [2.05, 4.69) is 15.6 Å². The number of amides is 2. The third kappa shape index (κ3) is 3.76. The summed E-state index contributed by atoms with van der Waals surface area (Å²) in [5.74, 6) is 0.521. The molecule has 0 aromatic carbocycles. The Balaban J connectivity index is 2.49. The number of carbonyl (C=O) groups excluding carboxylic acids is 1. The number of anilines is 1. The van der Waals surface area contributed by atoms with Crippen LogP contribution in [0.5, 0.6) is 5.88 Å². The fourth-order valence-electron chi connectivity index (χ4n) is 1.07. The molecule has 1 aromatic rings. The van der Waals surface area contributed by atoms with E-state index in [1.165, 1.54) is 0 Å². The Kier molecular flexibility index (Phi) is 4.57. The first-order chi connectivity index (χ1) is 7.65. The molecule has 0 bridgehead atoms. The van der Waals surface area contributed by atoms with Gasteiger partial charge < -0.3 is 15.4 Å². The number of ether oxygens (including phenoxy) is 1. The Morgan fingerprint density at radius 1 is 1.56 bits per heavy atom. The van der Waals surface area contributed by atoms with Crippen molar-refractivity contribution >= 4 is 11.7 Å². The monoisotopic (exact) mass is 223 g/mol. The van der Waals surface area contributed by atoms with Gasteiger partial charge in [-0.15, -0.1) is 0 Å².